The number of nitrogens with zero attached hydrogens (tertiary/aromatic N) is 2. The lowest BCUT2D eigenvalue weighted by molar-refractivity contribution is -0.129. The number of aryl methyl sites for hydroxylation is 1. The Morgan fingerprint density at radius 1 is 1.25 bits per heavy atom. The maximum atomic E-state index is 12.8. The number of nitrogens with one attached hydrogen (secondary N) is 1. The summed E-state index contributed by atoms with van der Waals surface area (Å²) in [4.78, 5) is 40.1. The number of imide groups is 1. The zero-order valence-corrected chi connectivity index (χ0v) is 13.7. The predicted molar refractivity (Wildman–Crippen MR) is 88.7 cm³/mol. The van der Waals surface area contributed by atoms with Gasteiger partial charge in [-0.15, -0.1) is 0 Å². The average Bonchev–Trinajstić information content (AvgIpc) is 2.90. The van der Waals surface area contributed by atoms with Crippen molar-refractivity contribution in [1.82, 2.24) is 10.3 Å². The summed E-state index contributed by atoms with van der Waals surface area (Å²) in [5.74, 6) is 4.36. The van der Waals surface area contributed by atoms with Crippen LogP contribution in [-0.2, 0) is 14.4 Å². The van der Waals surface area contributed by atoms with E-state index >= 15 is 0 Å². The first-order valence-corrected chi connectivity index (χ1v) is 8.19. The fraction of sp³-hybridized carbons (Fsp3) is 0.471. The van der Waals surface area contributed by atoms with Gasteiger partial charge in [-0.2, -0.15) is 0 Å². The first-order valence-electron chi connectivity index (χ1n) is 8.19. The summed E-state index contributed by atoms with van der Waals surface area (Å²) in [6.45, 7) is 3.12. The molecule has 2 heterocycles. The number of carbonyl (C=O) groups is 3. The fourth-order valence-electron chi connectivity index (χ4n) is 3.49. The number of benzene rings is 1. The van der Waals surface area contributed by atoms with E-state index in [1.807, 2.05) is 24.0 Å². The second-order valence-electron chi connectivity index (χ2n) is 6.47. The van der Waals surface area contributed by atoms with Crippen molar-refractivity contribution in [3.05, 3.63) is 29.8 Å². The predicted octanol–water partition coefficient (Wildman–Crippen LogP) is 0.329. The molecular formula is C17H22N4O3. The van der Waals surface area contributed by atoms with Gasteiger partial charge < -0.3 is 0 Å². The number of hydrazine groups is 1. The van der Waals surface area contributed by atoms with E-state index < -0.39 is 6.04 Å². The van der Waals surface area contributed by atoms with E-state index in [0.29, 0.717) is 18.8 Å². The number of piperidine rings is 1. The van der Waals surface area contributed by atoms with Crippen molar-refractivity contribution in [2.45, 2.75) is 32.2 Å². The van der Waals surface area contributed by atoms with Gasteiger partial charge in [0, 0.05) is 6.54 Å². The summed E-state index contributed by atoms with van der Waals surface area (Å²) >= 11 is 0. The average molecular weight is 330 g/mol. The summed E-state index contributed by atoms with van der Waals surface area (Å²) < 4.78 is 0. The highest BCUT2D eigenvalue weighted by Crippen LogP contribution is 2.28. The van der Waals surface area contributed by atoms with Crippen molar-refractivity contribution in [1.29, 1.82) is 0 Å². The minimum absolute atomic E-state index is 0.156. The van der Waals surface area contributed by atoms with Gasteiger partial charge in [0.05, 0.1) is 24.1 Å². The molecule has 2 aliphatic rings. The highest BCUT2D eigenvalue weighted by Gasteiger charge is 2.44. The Morgan fingerprint density at radius 2 is 1.96 bits per heavy atom. The first kappa shape index (κ1) is 16.6. The maximum absolute atomic E-state index is 12.8. The SMILES string of the molecule is Cc1ccc(N2C(=O)CC(N3CCCC(C(=O)NN)C3)C2=O)cc1. The molecule has 2 saturated heterocycles. The number of carbonyl (C=O) groups excluding carboxylic acids is 3. The second-order valence-corrected chi connectivity index (χ2v) is 6.47. The molecular weight excluding hydrogens is 308 g/mol. The highest BCUT2D eigenvalue weighted by atomic mass is 16.2. The van der Waals surface area contributed by atoms with Crippen LogP contribution in [0.2, 0.25) is 0 Å². The van der Waals surface area contributed by atoms with Gasteiger partial charge >= 0.3 is 0 Å². The molecule has 3 amide bonds. The molecule has 1 aromatic carbocycles. The van der Waals surface area contributed by atoms with Crippen molar-refractivity contribution in [2.75, 3.05) is 18.0 Å². The summed E-state index contributed by atoms with van der Waals surface area (Å²) in [6, 6.07) is 6.84. The van der Waals surface area contributed by atoms with Crippen LogP contribution >= 0.6 is 0 Å². The molecule has 2 atom stereocenters. The molecule has 2 unspecified atom stereocenters. The van der Waals surface area contributed by atoms with E-state index in [2.05, 4.69) is 5.43 Å². The van der Waals surface area contributed by atoms with Crippen LogP contribution in [0.15, 0.2) is 24.3 Å². The fourth-order valence-corrected chi connectivity index (χ4v) is 3.49. The number of nitrogens with two attached hydrogens (primary N) is 1. The monoisotopic (exact) mass is 330 g/mol. The normalized spacial score (nSPS) is 25.2. The minimum Gasteiger partial charge on any atom is -0.294 e. The molecule has 24 heavy (non-hydrogen) atoms. The largest absolute Gasteiger partial charge is 0.294 e. The molecule has 0 bridgehead atoms. The van der Waals surface area contributed by atoms with Crippen LogP contribution in [0.25, 0.3) is 0 Å². The first-order chi connectivity index (χ1) is 11.5. The molecule has 0 spiro atoms. The third kappa shape index (κ3) is 3.05. The summed E-state index contributed by atoms with van der Waals surface area (Å²) in [6.07, 6.45) is 1.71. The van der Waals surface area contributed by atoms with Crippen LogP contribution in [0.4, 0.5) is 5.69 Å². The van der Waals surface area contributed by atoms with Crippen LogP contribution in [0.5, 0.6) is 0 Å². The van der Waals surface area contributed by atoms with E-state index in [0.717, 1.165) is 18.4 Å². The number of likely N-dealkylation sites (tertiary alicyclic amines) is 1. The third-order valence-electron chi connectivity index (χ3n) is 4.82. The smallest absolute Gasteiger partial charge is 0.251 e. The van der Waals surface area contributed by atoms with Crippen molar-refractivity contribution in [2.24, 2.45) is 11.8 Å². The van der Waals surface area contributed by atoms with Gasteiger partial charge in [-0.1, -0.05) is 17.7 Å². The van der Waals surface area contributed by atoms with Crippen molar-refractivity contribution in [3.63, 3.8) is 0 Å². The topological polar surface area (TPSA) is 95.7 Å². The summed E-state index contributed by atoms with van der Waals surface area (Å²) in [5, 5.41) is 0. The number of rotatable bonds is 3. The molecule has 0 saturated carbocycles. The van der Waals surface area contributed by atoms with Crippen molar-refractivity contribution in [3.8, 4) is 0 Å². The molecule has 2 aliphatic heterocycles. The van der Waals surface area contributed by atoms with Crippen LogP contribution < -0.4 is 16.2 Å². The van der Waals surface area contributed by atoms with Gasteiger partial charge in [0.25, 0.3) is 5.91 Å². The van der Waals surface area contributed by atoms with Crippen molar-refractivity contribution < 1.29 is 14.4 Å². The van der Waals surface area contributed by atoms with Gasteiger partial charge in [0.2, 0.25) is 11.8 Å². The number of anilines is 1. The second kappa shape index (κ2) is 6.70. The van der Waals surface area contributed by atoms with E-state index in [1.54, 1.807) is 12.1 Å². The van der Waals surface area contributed by atoms with Gasteiger partial charge in [-0.05, 0) is 38.4 Å². The van der Waals surface area contributed by atoms with Crippen LogP contribution in [-0.4, -0.2) is 41.8 Å². The molecule has 1 aromatic rings. The lowest BCUT2D eigenvalue weighted by Crippen LogP contribution is -2.50. The van der Waals surface area contributed by atoms with E-state index in [-0.39, 0.29) is 30.1 Å². The van der Waals surface area contributed by atoms with Crippen LogP contribution in [0.3, 0.4) is 0 Å². The lowest BCUT2D eigenvalue weighted by atomic mass is 9.95. The molecule has 0 aromatic heterocycles. The zero-order valence-electron chi connectivity index (χ0n) is 13.7. The quantitative estimate of drug-likeness (QED) is 0.360. The molecule has 7 nitrogen and oxygen atoms in total. The molecule has 2 fully saturated rings. The van der Waals surface area contributed by atoms with Gasteiger partial charge in [0.1, 0.15) is 0 Å². The molecule has 0 aliphatic carbocycles. The highest BCUT2D eigenvalue weighted by molar-refractivity contribution is 6.22. The zero-order chi connectivity index (χ0) is 17.3. The standard InChI is InChI=1S/C17H22N4O3/c1-11-4-6-13(7-5-11)21-15(22)9-14(17(21)24)20-8-2-3-12(10-20)16(23)19-18/h4-7,12,14H,2-3,8-10,18H2,1H3,(H,19,23). The maximum Gasteiger partial charge on any atom is 0.251 e. The molecule has 128 valence electrons. The van der Waals surface area contributed by atoms with Gasteiger partial charge in [-0.25, -0.2) is 10.7 Å². The molecule has 7 heteroatoms. The molecule has 3 N–H and O–H groups in total. The van der Waals surface area contributed by atoms with Crippen molar-refractivity contribution >= 4 is 23.4 Å². The third-order valence-corrected chi connectivity index (χ3v) is 4.82. The van der Waals surface area contributed by atoms with Crippen LogP contribution in [0.1, 0.15) is 24.8 Å². The minimum atomic E-state index is -0.493. The number of hydrogen-bond acceptors (Lipinski definition) is 5. The van der Waals surface area contributed by atoms with Gasteiger partial charge in [0.15, 0.2) is 0 Å². The Balaban J connectivity index is 1.76. The Bertz CT molecular complexity index is 658. The lowest BCUT2D eigenvalue weighted by Gasteiger charge is -2.34. The van der Waals surface area contributed by atoms with Gasteiger partial charge in [-0.3, -0.25) is 24.7 Å². The Hall–Kier alpha value is -2.25. The molecule has 0 radical (unpaired) electrons. The van der Waals surface area contributed by atoms with E-state index in [9.17, 15) is 14.4 Å². The van der Waals surface area contributed by atoms with E-state index in [1.165, 1.54) is 4.90 Å². The Kier molecular flexibility index (Phi) is 4.64. The number of hydrogen-bond donors (Lipinski definition) is 2. The summed E-state index contributed by atoms with van der Waals surface area (Å²) in [5.41, 5.74) is 3.85. The Morgan fingerprint density at radius 3 is 2.62 bits per heavy atom. The van der Waals surface area contributed by atoms with Crippen LogP contribution in [0, 0.1) is 12.8 Å². The Labute approximate surface area is 140 Å². The number of amides is 3. The summed E-state index contributed by atoms with van der Waals surface area (Å²) in [7, 11) is 0. The molecule has 3 rings (SSSR count). The van der Waals surface area contributed by atoms with E-state index in [4.69, 9.17) is 5.84 Å².